The van der Waals surface area contributed by atoms with Gasteiger partial charge in [-0.1, -0.05) is 17.7 Å². The molecule has 0 fully saturated rings. The molecule has 1 N–H and O–H groups in total. The van der Waals surface area contributed by atoms with Crippen LogP contribution in [0.15, 0.2) is 24.3 Å². The van der Waals surface area contributed by atoms with E-state index in [9.17, 15) is 0 Å². The first kappa shape index (κ1) is 14.3. The summed E-state index contributed by atoms with van der Waals surface area (Å²) in [6.45, 7) is 2.23. The molecule has 1 heterocycles. The van der Waals surface area contributed by atoms with E-state index in [4.69, 9.17) is 21.6 Å². The second kappa shape index (κ2) is 6.33. The molecule has 0 bridgehead atoms. The minimum atomic E-state index is 0.284. The van der Waals surface area contributed by atoms with Crippen LogP contribution in [0.1, 0.15) is 17.0 Å². The Balaban J connectivity index is 2.32. The fourth-order valence-electron chi connectivity index (χ4n) is 1.69. The highest BCUT2D eigenvalue weighted by Crippen LogP contribution is 2.22. The molecule has 2 aromatic rings. The van der Waals surface area contributed by atoms with Gasteiger partial charge in [0.1, 0.15) is 17.6 Å². The van der Waals surface area contributed by atoms with Crippen LogP contribution < -0.4 is 5.32 Å². The lowest BCUT2D eigenvalue weighted by atomic mass is 10.1. The van der Waals surface area contributed by atoms with Gasteiger partial charge in [-0.3, -0.25) is 0 Å². The van der Waals surface area contributed by atoms with E-state index in [0.717, 1.165) is 11.3 Å². The normalized spacial score (nSPS) is 10.1. The van der Waals surface area contributed by atoms with Gasteiger partial charge in [-0.25, -0.2) is 9.97 Å². The smallest absolute Gasteiger partial charge is 0.158 e. The van der Waals surface area contributed by atoms with Gasteiger partial charge >= 0.3 is 0 Å². The molecule has 2 rings (SSSR count). The van der Waals surface area contributed by atoms with Crippen LogP contribution in [0, 0.1) is 18.3 Å². The Kier molecular flexibility index (Phi) is 4.51. The monoisotopic (exact) mass is 288 g/mol. The lowest BCUT2D eigenvalue weighted by molar-refractivity contribution is 0.178. The zero-order valence-corrected chi connectivity index (χ0v) is 11.9. The van der Waals surface area contributed by atoms with Gasteiger partial charge in [0.15, 0.2) is 5.82 Å². The summed E-state index contributed by atoms with van der Waals surface area (Å²) in [5, 5.41) is 12.4. The SMILES string of the molecule is COCc1nc(Cl)cc(Nc2cc(C#N)ccc2C)n1. The van der Waals surface area contributed by atoms with Gasteiger partial charge in [0, 0.05) is 18.9 Å². The summed E-state index contributed by atoms with van der Waals surface area (Å²) < 4.78 is 4.99. The van der Waals surface area contributed by atoms with Crippen LogP contribution in [0.4, 0.5) is 11.5 Å². The van der Waals surface area contributed by atoms with Crippen molar-refractivity contribution >= 4 is 23.1 Å². The molecule has 1 aromatic heterocycles. The van der Waals surface area contributed by atoms with Gasteiger partial charge in [-0.2, -0.15) is 5.26 Å². The number of hydrogen-bond donors (Lipinski definition) is 1. The average Bonchev–Trinajstić information content (AvgIpc) is 2.41. The molecule has 0 aliphatic heterocycles. The molecular formula is C14H13ClN4O. The summed E-state index contributed by atoms with van der Waals surface area (Å²) in [5.74, 6) is 1.06. The Morgan fingerprint density at radius 2 is 2.15 bits per heavy atom. The van der Waals surface area contributed by atoms with Crippen LogP contribution in [-0.4, -0.2) is 17.1 Å². The fourth-order valence-corrected chi connectivity index (χ4v) is 1.89. The van der Waals surface area contributed by atoms with Crippen LogP contribution in [0.3, 0.4) is 0 Å². The number of halogens is 1. The molecule has 20 heavy (non-hydrogen) atoms. The van der Waals surface area contributed by atoms with E-state index in [1.165, 1.54) is 0 Å². The lowest BCUT2D eigenvalue weighted by Gasteiger charge is -2.10. The topological polar surface area (TPSA) is 70.8 Å². The van der Waals surface area contributed by atoms with Crippen molar-refractivity contribution in [1.29, 1.82) is 5.26 Å². The largest absolute Gasteiger partial charge is 0.377 e. The van der Waals surface area contributed by atoms with E-state index in [2.05, 4.69) is 21.4 Å². The highest BCUT2D eigenvalue weighted by Gasteiger charge is 2.06. The number of anilines is 2. The third kappa shape index (κ3) is 3.44. The standard InChI is InChI=1S/C14H13ClN4O/c1-9-3-4-10(7-16)5-11(9)17-13-6-12(15)18-14(19-13)8-20-2/h3-6H,8H2,1-2H3,(H,17,18,19). The molecule has 0 aliphatic carbocycles. The number of aryl methyl sites for hydroxylation is 1. The number of nitrogens with one attached hydrogen (secondary N) is 1. The van der Waals surface area contributed by atoms with E-state index in [-0.39, 0.29) is 6.61 Å². The van der Waals surface area contributed by atoms with Crippen molar-refractivity contribution in [2.75, 3.05) is 12.4 Å². The number of hydrogen-bond acceptors (Lipinski definition) is 5. The molecule has 0 amide bonds. The Bertz CT molecular complexity index is 667. The minimum absolute atomic E-state index is 0.284. The predicted molar refractivity (Wildman–Crippen MR) is 76.9 cm³/mol. The van der Waals surface area contributed by atoms with Gasteiger partial charge in [0.05, 0.1) is 11.6 Å². The van der Waals surface area contributed by atoms with Gasteiger partial charge in [-0.15, -0.1) is 0 Å². The maximum atomic E-state index is 8.94. The van der Waals surface area contributed by atoms with Gasteiger partial charge in [-0.05, 0) is 24.6 Å². The summed E-state index contributed by atoms with van der Waals surface area (Å²) in [5.41, 5.74) is 2.39. The molecule has 0 spiro atoms. The van der Waals surface area contributed by atoms with Crippen molar-refractivity contribution in [2.24, 2.45) is 0 Å². The highest BCUT2D eigenvalue weighted by atomic mass is 35.5. The summed E-state index contributed by atoms with van der Waals surface area (Å²) in [6, 6.07) is 9.14. The molecule has 0 saturated carbocycles. The Morgan fingerprint density at radius 3 is 2.85 bits per heavy atom. The summed E-state index contributed by atoms with van der Waals surface area (Å²) >= 11 is 5.95. The molecular weight excluding hydrogens is 276 g/mol. The van der Waals surface area contributed by atoms with Crippen molar-refractivity contribution in [2.45, 2.75) is 13.5 Å². The molecule has 6 heteroatoms. The molecule has 0 aliphatic rings. The fraction of sp³-hybridized carbons (Fsp3) is 0.214. The van der Waals surface area contributed by atoms with Gasteiger partial charge in [0.2, 0.25) is 0 Å². The first-order valence-electron chi connectivity index (χ1n) is 5.92. The van der Waals surface area contributed by atoms with Crippen LogP contribution in [0.5, 0.6) is 0 Å². The van der Waals surface area contributed by atoms with Crippen molar-refractivity contribution in [3.05, 3.63) is 46.4 Å². The Hall–Kier alpha value is -2.16. The van der Waals surface area contributed by atoms with Crippen molar-refractivity contribution < 1.29 is 4.74 Å². The maximum absolute atomic E-state index is 8.94. The minimum Gasteiger partial charge on any atom is -0.377 e. The summed E-state index contributed by atoms with van der Waals surface area (Å²) in [6.07, 6.45) is 0. The van der Waals surface area contributed by atoms with Crippen molar-refractivity contribution in [1.82, 2.24) is 9.97 Å². The first-order chi connectivity index (χ1) is 9.62. The molecule has 5 nitrogen and oxygen atoms in total. The Morgan fingerprint density at radius 1 is 1.35 bits per heavy atom. The maximum Gasteiger partial charge on any atom is 0.158 e. The third-order valence-electron chi connectivity index (χ3n) is 2.64. The quantitative estimate of drug-likeness (QED) is 0.875. The molecule has 0 unspecified atom stereocenters. The average molecular weight is 289 g/mol. The van der Waals surface area contributed by atoms with Crippen molar-refractivity contribution in [3.63, 3.8) is 0 Å². The van der Waals surface area contributed by atoms with E-state index in [1.807, 2.05) is 13.0 Å². The zero-order chi connectivity index (χ0) is 14.5. The molecule has 102 valence electrons. The Labute approximate surface area is 122 Å². The first-order valence-corrected chi connectivity index (χ1v) is 6.30. The number of rotatable bonds is 4. The zero-order valence-electron chi connectivity index (χ0n) is 11.1. The molecule has 1 aromatic carbocycles. The number of nitrogens with zero attached hydrogens (tertiary/aromatic N) is 3. The van der Waals surface area contributed by atoms with E-state index < -0.39 is 0 Å². The third-order valence-corrected chi connectivity index (χ3v) is 2.84. The van der Waals surface area contributed by atoms with Crippen molar-refractivity contribution in [3.8, 4) is 6.07 Å². The van der Waals surface area contributed by atoms with E-state index in [0.29, 0.717) is 22.4 Å². The number of ether oxygens (including phenoxy) is 1. The van der Waals surface area contributed by atoms with Gasteiger partial charge in [0.25, 0.3) is 0 Å². The van der Waals surface area contributed by atoms with Gasteiger partial charge < -0.3 is 10.1 Å². The van der Waals surface area contributed by atoms with Crippen LogP contribution in [-0.2, 0) is 11.3 Å². The number of methoxy groups -OCH3 is 1. The molecule has 0 radical (unpaired) electrons. The number of nitriles is 1. The van der Waals surface area contributed by atoms with E-state index in [1.54, 1.807) is 25.3 Å². The number of benzene rings is 1. The highest BCUT2D eigenvalue weighted by molar-refractivity contribution is 6.29. The number of aromatic nitrogens is 2. The second-order valence-electron chi connectivity index (χ2n) is 4.19. The lowest BCUT2D eigenvalue weighted by Crippen LogP contribution is -2.02. The van der Waals surface area contributed by atoms with Crippen LogP contribution in [0.25, 0.3) is 0 Å². The van der Waals surface area contributed by atoms with Crippen LogP contribution in [0.2, 0.25) is 5.15 Å². The van der Waals surface area contributed by atoms with Crippen LogP contribution >= 0.6 is 11.6 Å². The molecule has 0 saturated heterocycles. The predicted octanol–water partition coefficient (Wildman–Crippen LogP) is 3.20. The summed E-state index contributed by atoms with van der Waals surface area (Å²) in [4.78, 5) is 8.36. The molecule has 0 atom stereocenters. The second-order valence-corrected chi connectivity index (χ2v) is 4.58. The summed E-state index contributed by atoms with van der Waals surface area (Å²) in [7, 11) is 1.57. The van der Waals surface area contributed by atoms with E-state index >= 15 is 0 Å².